The van der Waals surface area contributed by atoms with Gasteiger partial charge in [0.15, 0.2) is 6.29 Å². The summed E-state index contributed by atoms with van der Waals surface area (Å²) in [5.41, 5.74) is 0.419. The minimum atomic E-state index is -1.27. The third-order valence-electron chi connectivity index (χ3n) is 2.28. The molecule has 0 amide bonds. The van der Waals surface area contributed by atoms with E-state index in [9.17, 15) is 14.7 Å². The van der Waals surface area contributed by atoms with Crippen molar-refractivity contribution in [2.75, 3.05) is 0 Å². The van der Waals surface area contributed by atoms with E-state index in [4.69, 9.17) is 0 Å². The van der Waals surface area contributed by atoms with E-state index >= 15 is 0 Å². The fourth-order valence-electron chi connectivity index (χ4n) is 1.64. The number of carbonyl (C=O) groups is 2. The highest BCUT2D eigenvalue weighted by Crippen LogP contribution is 2.21. The van der Waals surface area contributed by atoms with Crippen LogP contribution in [0.5, 0.6) is 0 Å². The van der Waals surface area contributed by atoms with Gasteiger partial charge in [0.05, 0.1) is 5.97 Å². The van der Waals surface area contributed by atoms with Gasteiger partial charge in [-0.05, 0) is 5.39 Å². The molecule has 2 aromatic carbocycles. The van der Waals surface area contributed by atoms with Crippen LogP contribution < -0.4 is 5.11 Å². The lowest BCUT2D eigenvalue weighted by Gasteiger charge is -2.08. The maximum Gasteiger partial charge on any atom is 0.150 e. The number of benzene rings is 2. The van der Waals surface area contributed by atoms with Crippen LogP contribution in [-0.2, 0) is 0 Å². The molecule has 0 aliphatic rings. The standard InChI is InChI=1S/C12H8O3/c13-7-9-5-1-3-8-4-2-6-10(11(8)9)12(14)15/h1-7H,(H,14,15)/p-1. The van der Waals surface area contributed by atoms with Gasteiger partial charge in [-0.3, -0.25) is 4.79 Å². The number of carboxylic acids is 1. The number of hydrogen-bond donors (Lipinski definition) is 0. The highest BCUT2D eigenvalue weighted by molar-refractivity contribution is 6.09. The molecule has 0 N–H and O–H groups in total. The van der Waals surface area contributed by atoms with Crippen molar-refractivity contribution in [3.63, 3.8) is 0 Å². The Hall–Kier alpha value is -2.16. The Morgan fingerprint density at radius 3 is 2.40 bits per heavy atom. The van der Waals surface area contributed by atoms with Crippen molar-refractivity contribution in [1.29, 1.82) is 0 Å². The first-order chi connectivity index (χ1) is 7.24. The minimum absolute atomic E-state index is 0.0511. The first kappa shape index (κ1) is 9.40. The molecular formula is C12H7O3-. The Morgan fingerprint density at radius 1 is 1.13 bits per heavy atom. The van der Waals surface area contributed by atoms with E-state index in [1.165, 1.54) is 6.07 Å². The quantitative estimate of drug-likeness (QED) is 0.678. The summed E-state index contributed by atoms with van der Waals surface area (Å²) in [5, 5.41) is 12.0. The maximum absolute atomic E-state index is 10.9. The van der Waals surface area contributed by atoms with Gasteiger partial charge in [0.2, 0.25) is 0 Å². The van der Waals surface area contributed by atoms with Crippen molar-refractivity contribution in [3.05, 3.63) is 47.5 Å². The van der Waals surface area contributed by atoms with Crippen LogP contribution in [0.3, 0.4) is 0 Å². The summed E-state index contributed by atoms with van der Waals surface area (Å²) in [6.07, 6.45) is 0.648. The smallest absolute Gasteiger partial charge is 0.150 e. The predicted molar refractivity (Wildman–Crippen MR) is 53.7 cm³/mol. The van der Waals surface area contributed by atoms with Gasteiger partial charge < -0.3 is 9.90 Å². The molecule has 0 heterocycles. The molecule has 0 saturated heterocycles. The fraction of sp³-hybridized carbons (Fsp3) is 0. The summed E-state index contributed by atoms with van der Waals surface area (Å²) in [4.78, 5) is 21.6. The molecule has 3 nitrogen and oxygen atoms in total. The highest BCUT2D eigenvalue weighted by Gasteiger charge is 2.05. The van der Waals surface area contributed by atoms with E-state index in [1.807, 2.05) is 0 Å². The van der Waals surface area contributed by atoms with Crippen LogP contribution in [0.15, 0.2) is 36.4 Å². The molecule has 74 valence electrons. The summed E-state index contributed by atoms with van der Waals surface area (Å²) in [6.45, 7) is 0. The second kappa shape index (κ2) is 3.53. The van der Waals surface area contributed by atoms with Gasteiger partial charge in [-0.2, -0.15) is 0 Å². The van der Waals surface area contributed by atoms with Crippen LogP contribution >= 0.6 is 0 Å². The van der Waals surface area contributed by atoms with Crippen molar-refractivity contribution in [2.24, 2.45) is 0 Å². The van der Waals surface area contributed by atoms with Crippen LogP contribution in [0.2, 0.25) is 0 Å². The summed E-state index contributed by atoms with van der Waals surface area (Å²) in [7, 11) is 0. The molecule has 0 spiro atoms. The molecule has 0 fully saturated rings. The molecule has 0 radical (unpaired) electrons. The van der Waals surface area contributed by atoms with Crippen LogP contribution in [0.4, 0.5) is 0 Å². The third-order valence-corrected chi connectivity index (χ3v) is 2.28. The number of aldehydes is 1. The van der Waals surface area contributed by atoms with Gasteiger partial charge in [-0.1, -0.05) is 36.4 Å². The summed E-state index contributed by atoms with van der Waals surface area (Å²) in [5.74, 6) is -1.27. The normalized spacial score (nSPS) is 10.1. The lowest BCUT2D eigenvalue weighted by molar-refractivity contribution is -0.254. The van der Waals surface area contributed by atoms with Gasteiger partial charge in [-0.25, -0.2) is 0 Å². The molecule has 0 aliphatic heterocycles. The summed E-state index contributed by atoms with van der Waals surface area (Å²) >= 11 is 0. The molecule has 0 saturated carbocycles. The Bertz CT molecular complexity index is 538. The summed E-state index contributed by atoms with van der Waals surface area (Å²) in [6, 6.07) is 9.88. The Morgan fingerprint density at radius 2 is 1.80 bits per heavy atom. The van der Waals surface area contributed by atoms with E-state index in [1.54, 1.807) is 30.3 Å². The molecule has 0 atom stereocenters. The topological polar surface area (TPSA) is 57.2 Å². The number of carboxylic acid groups (broad SMARTS) is 1. The average molecular weight is 199 g/mol. The Balaban J connectivity index is 2.93. The van der Waals surface area contributed by atoms with Gasteiger partial charge in [0, 0.05) is 16.5 Å². The number of fused-ring (bicyclic) bond motifs is 1. The van der Waals surface area contributed by atoms with Crippen molar-refractivity contribution < 1.29 is 14.7 Å². The molecule has 2 rings (SSSR count). The zero-order chi connectivity index (χ0) is 10.8. The molecule has 15 heavy (non-hydrogen) atoms. The molecule has 0 aromatic heterocycles. The second-order valence-corrected chi connectivity index (χ2v) is 3.16. The van der Waals surface area contributed by atoms with Gasteiger partial charge in [-0.15, -0.1) is 0 Å². The van der Waals surface area contributed by atoms with E-state index in [0.29, 0.717) is 17.2 Å². The maximum atomic E-state index is 10.9. The number of rotatable bonds is 2. The van der Waals surface area contributed by atoms with Crippen molar-refractivity contribution in [2.45, 2.75) is 0 Å². The SMILES string of the molecule is O=Cc1cccc2cccc(C(=O)[O-])c12. The van der Waals surface area contributed by atoms with Gasteiger partial charge in [0.1, 0.15) is 0 Å². The number of carbonyl (C=O) groups excluding carboxylic acids is 2. The first-order valence-corrected chi connectivity index (χ1v) is 4.42. The zero-order valence-electron chi connectivity index (χ0n) is 7.77. The van der Waals surface area contributed by atoms with Crippen molar-refractivity contribution in [1.82, 2.24) is 0 Å². The van der Waals surface area contributed by atoms with Crippen LogP contribution in [0.25, 0.3) is 10.8 Å². The van der Waals surface area contributed by atoms with E-state index < -0.39 is 5.97 Å². The minimum Gasteiger partial charge on any atom is -0.545 e. The Kier molecular flexibility index (Phi) is 2.21. The van der Waals surface area contributed by atoms with E-state index in [2.05, 4.69) is 0 Å². The predicted octanol–water partition coefficient (Wildman–Crippen LogP) is 1.02. The second-order valence-electron chi connectivity index (χ2n) is 3.16. The lowest BCUT2D eigenvalue weighted by Crippen LogP contribution is -2.22. The first-order valence-electron chi connectivity index (χ1n) is 4.42. The monoisotopic (exact) mass is 199 g/mol. The molecule has 2 aromatic rings. The van der Waals surface area contributed by atoms with E-state index in [-0.39, 0.29) is 5.56 Å². The Labute approximate surface area is 86.0 Å². The number of hydrogen-bond acceptors (Lipinski definition) is 3. The fourth-order valence-corrected chi connectivity index (χ4v) is 1.64. The van der Waals surface area contributed by atoms with Gasteiger partial charge >= 0.3 is 0 Å². The average Bonchev–Trinajstić information content (AvgIpc) is 2.27. The largest absolute Gasteiger partial charge is 0.545 e. The van der Waals surface area contributed by atoms with E-state index in [0.717, 1.165) is 5.39 Å². The lowest BCUT2D eigenvalue weighted by atomic mass is 10.00. The highest BCUT2D eigenvalue weighted by atomic mass is 16.4. The molecular weight excluding hydrogens is 192 g/mol. The van der Waals surface area contributed by atoms with Crippen molar-refractivity contribution >= 4 is 23.0 Å². The molecule has 0 unspecified atom stereocenters. The zero-order valence-corrected chi connectivity index (χ0v) is 7.77. The molecule has 0 aliphatic carbocycles. The van der Waals surface area contributed by atoms with Crippen LogP contribution in [-0.4, -0.2) is 12.3 Å². The molecule has 3 heteroatoms. The molecule has 0 bridgehead atoms. The third kappa shape index (κ3) is 1.48. The van der Waals surface area contributed by atoms with Crippen molar-refractivity contribution in [3.8, 4) is 0 Å². The van der Waals surface area contributed by atoms with Crippen LogP contribution in [0, 0.1) is 0 Å². The van der Waals surface area contributed by atoms with Gasteiger partial charge in [0.25, 0.3) is 0 Å². The summed E-state index contributed by atoms with van der Waals surface area (Å²) < 4.78 is 0. The van der Waals surface area contributed by atoms with Crippen LogP contribution in [0.1, 0.15) is 20.7 Å². The number of aromatic carboxylic acids is 1.